The second-order valence-corrected chi connectivity index (χ2v) is 11.2. The van der Waals surface area contributed by atoms with E-state index in [4.69, 9.17) is 23.8 Å². The number of aromatic hydroxyl groups is 1. The van der Waals surface area contributed by atoms with Crippen LogP contribution in [0.1, 0.15) is 13.8 Å². The van der Waals surface area contributed by atoms with E-state index in [0.717, 1.165) is 12.3 Å². The summed E-state index contributed by atoms with van der Waals surface area (Å²) in [6.07, 6.45) is 2.15. The number of thiocarbonyl (C=S) groups is 1. The van der Waals surface area contributed by atoms with Crippen molar-refractivity contribution in [3.05, 3.63) is 63.3 Å². The number of likely N-dealkylation sites (N-methyl/N-ethyl adjacent to an activating group) is 1. The summed E-state index contributed by atoms with van der Waals surface area (Å²) < 4.78 is 33.1. The van der Waals surface area contributed by atoms with Gasteiger partial charge in [-0.2, -0.15) is 0 Å². The van der Waals surface area contributed by atoms with Gasteiger partial charge in [-0.3, -0.25) is 25.1 Å². The number of Topliss-reactive ketones (excluding diaryl/α,β-unsaturated/α-hetero) is 1. The molecule has 0 amide bonds. The summed E-state index contributed by atoms with van der Waals surface area (Å²) in [5.41, 5.74) is 5.25. The third kappa shape index (κ3) is 5.43. The number of anilines is 1. The van der Waals surface area contributed by atoms with E-state index in [-0.39, 0.29) is 54.7 Å². The molecule has 3 atom stereocenters. The van der Waals surface area contributed by atoms with Gasteiger partial charge < -0.3 is 20.0 Å². The van der Waals surface area contributed by atoms with Crippen LogP contribution in [0.25, 0.3) is 10.9 Å². The van der Waals surface area contributed by atoms with Gasteiger partial charge in [0.05, 0.1) is 24.1 Å². The minimum Gasteiger partial charge on any atom is -0.493 e. The molecule has 3 unspecified atom stereocenters. The average molecular weight is 636 g/mol. The quantitative estimate of drug-likeness (QED) is 0.153. The van der Waals surface area contributed by atoms with Crippen LogP contribution in [0.4, 0.5) is 14.5 Å². The molecule has 1 aliphatic carbocycles. The van der Waals surface area contributed by atoms with Gasteiger partial charge in [-0.15, -0.1) is 4.91 Å². The van der Waals surface area contributed by atoms with Crippen molar-refractivity contribution >= 4 is 57.3 Å². The molecule has 0 saturated carbocycles. The van der Waals surface area contributed by atoms with E-state index >= 15 is 8.78 Å². The highest BCUT2D eigenvalue weighted by atomic mass is 35.5. The summed E-state index contributed by atoms with van der Waals surface area (Å²) in [6.45, 7) is 4.85. The van der Waals surface area contributed by atoms with E-state index in [0.29, 0.717) is 22.5 Å². The van der Waals surface area contributed by atoms with Gasteiger partial charge in [0, 0.05) is 54.0 Å². The van der Waals surface area contributed by atoms with Crippen LogP contribution in [0.15, 0.2) is 58.6 Å². The normalized spacial score (nSPS) is 22.7. The van der Waals surface area contributed by atoms with Gasteiger partial charge in [-0.25, -0.2) is 13.6 Å². The van der Waals surface area contributed by atoms with Crippen molar-refractivity contribution in [2.24, 2.45) is 11.1 Å². The number of halogens is 3. The van der Waals surface area contributed by atoms with Crippen molar-refractivity contribution in [3.63, 3.8) is 0 Å². The number of hydrogen-bond acceptors (Lipinski definition) is 9. The van der Waals surface area contributed by atoms with E-state index in [9.17, 15) is 24.7 Å². The fourth-order valence-corrected chi connectivity index (χ4v) is 6.08. The molecule has 2 aliphatic heterocycles. The zero-order valence-corrected chi connectivity index (χ0v) is 24.6. The fraction of sp³-hybridized carbons (Fsp3) is 0.370. The number of fused-ring (bicyclic) bond motifs is 2. The van der Waals surface area contributed by atoms with Gasteiger partial charge >= 0.3 is 5.97 Å². The first kappa shape index (κ1) is 30.4. The number of nitroso groups, excluding NO2 is 1. The summed E-state index contributed by atoms with van der Waals surface area (Å²) >= 11 is 11.0. The second-order valence-electron chi connectivity index (χ2n) is 10.4. The maximum absolute atomic E-state index is 16.0. The molecule has 16 heteroatoms. The number of carbonyl (C=O) groups is 2. The number of rotatable bonds is 7. The third-order valence-electron chi connectivity index (χ3n) is 7.97. The zero-order valence-electron chi connectivity index (χ0n) is 23.1. The maximum Gasteiger partial charge on any atom is 0.340 e. The van der Waals surface area contributed by atoms with Gasteiger partial charge in [-0.05, 0) is 50.3 Å². The van der Waals surface area contributed by atoms with Crippen LogP contribution in [0.3, 0.4) is 0 Å². The Hall–Kier alpha value is -4.08. The minimum absolute atomic E-state index is 0.162. The largest absolute Gasteiger partial charge is 0.493 e. The standard InChI is InChI=1S/C27H28ClF2N7O5S/c1-3-34-11-17(26(40)41)24(38)16-9-18(29)23(20(30)22(16)34)35-6-7-36(13(2)10-35)12-37-19-5-4-14(28)8-15(19)21(25(37)39)31-32-27(43)33-42/h4-5,8-9,11,13,16,22,31,39H,3,6-7,10,12H2,1-2H3,(H,32,43)(H,40,41). The lowest BCUT2D eigenvalue weighted by atomic mass is 9.82. The van der Waals surface area contributed by atoms with E-state index in [1.807, 2.05) is 11.8 Å². The number of ketones is 1. The van der Waals surface area contributed by atoms with Crippen LogP contribution < -0.4 is 10.9 Å². The lowest BCUT2D eigenvalue weighted by Crippen LogP contribution is -2.53. The molecule has 4 N–H and O–H groups in total. The molecule has 0 radical (unpaired) electrons. The van der Waals surface area contributed by atoms with Crippen LogP contribution in [0, 0.1) is 10.8 Å². The summed E-state index contributed by atoms with van der Waals surface area (Å²) in [5, 5.41) is 23.7. The van der Waals surface area contributed by atoms with Gasteiger partial charge in [0.1, 0.15) is 28.6 Å². The highest BCUT2D eigenvalue weighted by molar-refractivity contribution is 7.80. The number of nitrogens with one attached hydrogen (secondary N) is 2. The number of allylic oxidation sites excluding steroid dienone is 1. The Morgan fingerprint density at radius 3 is 2.67 bits per heavy atom. The smallest absolute Gasteiger partial charge is 0.340 e. The number of hydrogen-bond donors (Lipinski definition) is 4. The molecule has 228 valence electrons. The first-order valence-electron chi connectivity index (χ1n) is 13.4. The molecule has 1 aromatic carbocycles. The topological polar surface area (TPSA) is 143 Å². The Morgan fingerprint density at radius 1 is 1.28 bits per heavy atom. The third-order valence-corrected chi connectivity index (χ3v) is 8.39. The van der Waals surface area contributed by atoms with E-state index in [2.05, 4.69) is 16.0 Å². The Bertz CT molecular complexity index is 1630. The highest BCUT2D eigenvalue weighted by Crippen LogP contribution is 2.41. The minimum atomic E-state index is -1.44. The molecule has 1 saturated heterocycles. The molecule has 12 nitrogen and oxygen atoms in total. The van der Waals surface area contributed by atoms with Gasteiger partial charge in [0.15, 0.2) is 5.78 Å². The predicted molar refractivity (Wildman–Crippen MR) is 159 cm³/mol. The molecule has 3 heterocycles. The van der Waals surface area contributed by atoms with Crippen LogP contribution >= 0.6 is 23.8 Å². The molecular formula is C27H28ClF2N7O5S. The van der Waals surface area contributed by atoms with E-state index in [1.165, 1.54) is 4.90 Å². The van der Waals surface area contributed by atoms with Crippen molar-refractivity contribution in [1.82, 2.24) is 24.7 Å². The molecule has 1 aromatic heterocycles. The van der Waals surface area contributed by atoms with Crippen LogP contribution in [0.2, 0.25) is 5.02 Å². The van der Waals surface area contributed by atoms with Crippen LogP contribution in [-0.2, 0) is 16.3 Å². The van der Waals surface area contributed by atoms with E-state index < -0.39 is 40.9 Å². The number of hydrazine groups is 1. The van der Waals surface area contributed by atoms with Gasteiger partial charge in [0.2, 0.25) is 5.88 Å². The number of aliphatic carboxylic acids is 1. The molecule has 0 bridgehead atoms. The number of benzene rings is 1. The lowest BCUT2D eigenvalue weighted by Gasteiger charge is -2.45. The molecule has 2 aromatic rings. The average Bonchev–Trinajstić information content (AvgIpc) is 3.22. The fourth-order valence-electron chi connectivity index (χ4n) is 5.86. The van der Waals surface area contributed by atoms with Gasteiger partial charge in [-0.1, -0.05) is 11.6 Å². The molecule has 3 aliphatic rings. The number of nitrogens with zero attached hydrogens (tertiary/aromatic N) is 5. The van der Waals surface area contributed by atoms with Crippen LogP contribution in [0.5, 0.6) is 5.88 Å². The first-order valence-corrected chi connectivity index (χ1v) is 14.2. The van der Waals surface area contributed by atoms with Crippen molar-refractivity contribution < 1.29 is 28.6 Å². The summed E-state index contributed by atoms with van der Waals surface area (Å²) in [5.74, 6) is -5.46. The van der Waals surface area contributed by atoms with Crippen LogP contribution in [-0.4, -0.2) is 84.6 Å². The van der Waals surface area contributed by atoms with Gasteiger partial charge in [0.25, 0.3) is 5.11 Å². The Balaban J connectivity index is 1.39. The number of carbonyl (C=O) groups excluding carboxylic acids is 1. The summed E-state index contributed by atoms with van der Waals surface area (Å²) in [7, 11) is 0. The van der Waals surface area contributed by atoms with E-state index in [1.54, 1.807) is 34.6 Å². The monoisotopic (exact) mass is 635 g/mol. The molecule has 5 rings (SSSR count). The number of aromatic nitrogens is 1. The highest BCUT2D eigenvalue weighted by Gasteiger charge is 2.46. The number of carboxylic acid groups (broad SMARTS) is 1. The molecular weight excluding hydrogens is 608 g/mol. The Morgan fingerprint density at radius 2 is 2.02 bits per heavy atom. The molecule has 0 spiro atoms. The SMILES string of the molecule is CCN1C=C(C(=O)O)C(=O)C2C=C(F)C(N3CCN(Cn4c(O)c(NNC(=S)N=O)c5cc(Cl)ccc54)C(C)C3)=C(F)C21. The van der Waals surface area contributed by atoms with Crippen molar-refractivity contribution in [3.8, 4) is 5.88 Å². The molecule has 1 fully saturated rings. The molecule has 43 heavy (non-hydrogen) atoms. The van der Waals surface area contributed by atoms with Crippen molar-refractivity contribution in [1.29, 1.82) is 0 Å². The summed E-state index contributed by atoms with van der Waals surface area (Å²) in [6, 6.07) is 3.66. The van der Waals surface area contributed by atoms with Crippen molar-refractivity contribution in [2.75, 3.05) is 31.6 Å². The predicted octanol–water partition coefficient (Wildman–Crippen LogP) is 3.84. The Kier molecular flexibility index (Phi) is 8.40. The Labute approximate surface area is 254 Å². The lowest BCUT2D eigenvalue weighted by molar-refractivity contribution is -0.136. The maximum atomic E-state index is 16.0. The number of piperazine rings is 1. The summed E-state index contributed by atoms with van der Waals surface area (Å²) in [4.78, 5) is 40.0. The zero-order chi connectivity index (χ0) is 31.2. The first-order chi connectivity index (χ1) is 20.5. The second kappa shape index (κ2) is 11.9. The number of carboxylic acids is 1. The van der Waals surface area contributed by atoms with Crippen molar-refractivity contribution in [2.45, 2.75) is 32.6 Å².